The monoisotopic (exact) mass is 211 g/mol. The van der Waals surface area contributed by atoms with Gasteiger partial charge >= 0.3 is 6.18 Å². The second-order valence-electron chi connectivity index (χ2n) is 3.28. The summed E-state index contributed by atoms with van der Waals surface area (Å²) in [6, 6.07) is 0. The van der Waals surface area contributed by atoms with Crippen LogP contribution in [0.4, 0.5) is 13.2 Å². The van der Waals surface area contributed by atoms with Crippen molar-refractivity contribution in [3.63, 3.8) is 0 Å². The Balaban J connectivity index is 2.55. The van der Waals surface area contributed by atoms with Gasteiger partial charge in [0.2, 0.25) is 0 Å². The molecule has 6 heteroatoms. The smallest absolute Gasteiger partial charge is 0.397 e. The van der Waals surface area contributed by atoms with E-state index in [0.717, 1.165) is 0 Å². The first-order chi connectivity index (χ1) is 6.41. The van der Waals surface area contributed by atoms with Gasteiger partial charge in [-0.05, 0) is 19.3 Å². The molecule has 0 unspecified atom stereocenters. The molecular formula is C8H10F3O3-. The van der Waals surface area contributed by atoms with Gasteiger partial charge in [-0.25, -0.2) is 0 Å². The minimum atomic E-state index is -4.75. The van der Waals surface area contributed by atoms with Crippen LogP contribution in [0.25, 0.3) is 0 Å². The molecule has 82 valence electrons. The molecule has 0 aromatic heterocycles. The summed E-state index contributed by atoms with van der Waals surface area (Å²) in [7, 11) is 0. The van der Waals surface area contributed by atoms with Gasteiger partial charge in [0, 0.05) is 6.61 Å². The number of hydrogen-bond donors (Lipinski definition) is 0. The van der Waals surface area contributed by atoms with Crippen molar-refractivity contribution in [2.24, 2.45) is 5.92 Å². The molecule has 0 N–H and O–H groups in total. The number of halogens is 3. The molecule has 0 aromatic carbocycles. The Morgan fingerprint density at radius 1 is 1.57 bits per heavy atom. The average Bonchev–Trinajstić information content (AvgIpc) is 2.48. The standard InChI is InChI=1S/C8H11F3O3/c9-8(10,11)6(7(12)13)4-5-2-1-3-14-5/h5-6H,1-4H2,(H,12,13)/p-1/t5-,6-/m1/s1. The lowest BCUT2D eigenvalue weighted by Crippen LogP contribution is -2.42. The maximum atomic E-state index is 12.1. The van der Waals surface area contributed by atoms with Crippen LogP contribution >= 0.6 is 0 Å². The van der Waals surface area contributed by atoms with Crippen LogP contribution in [0.5, 0.6) is 0 Å². The van der Waals surface area contributed by atoms with Crippen molar-refractivity contribution in [3.05, 3.63) is 0 Å². The van der Waals surface area contributed by atoms with Crippen LogP contribution in [0.2, 0.25) is 0 Å². The van der Waals surface area contributed by atoms with Crippen LogP contribution in [-0.2, 0) is 9.53 Å². The van der Waals surface area contributed by atoms with Crippen LogP contribution in [0.3, 0.4) is 0 Å². The number of rotatable bonds is 3. The van der Waals surface area contributed by atoms with Gasteiger partial charge in [0.1, 0.15) is 0 Å². The van der Waals surface area contributed by atoms with E-state index in [4.69, 9.17) is 4.74 Å². The number of carbonyl (C=O) groups excluding carboxylic acids is 1. The Morgan fingerprint density at radius 2 is 2.21 bits per heavy atom. The maximum Gasteiger partial charge on any atom is 0.397 e. The third kappa shape index (κ3) is 2.87. The maximum absolute atomic E-state index is 12.1. The normalized spacial score (nSPS) is 24.9. The van der Waals surface area contributed by atoms with E-state index in [-0.39, 0.29) is 0 Å². The Labute approximate surface area is 78.9 Å². The third-order valence-electron chi connectivity index (χ3n) is 2.20. The fourth-order valence-electron chi connectivity index (χ4n) is 1.46. The topological polar surface area (TPSA) is 49.4 Å². The zero-order valence-electron chi connectivity index (χ0n) is 7.34. The highest BCUT2D eigenvalue weighted by molar-refractivity contribution is 5.68. The summed E-state index contributed by atoms with van der Waals surface area (Å²) < 4.78 is 41.4. The summed E-state index contributed by atoms with van der Waals surface area (Å²) in [4.78, 5) is 10.2. The molecular weight excluding hydrogens is 201 g/mol. The zero-order chi connectivity index (χ0) is 10.8. The highest BCUT2D eigenvalue weighted by Crippen LogP contribution is 2.32. The molecule has 1 aliphatic rings. The Hall–Kier alpha value is -0.780. The molecule has 0 spiro atoms. The van der Waals surface area contributed by atoms with E-state index in [1.54, 1.807) is 0 Å². The van der Waals surface area contributed by atoms with Crippen molar-refractivity contribution >= 4 is 5.97 Å². The molecule has 0 radical (unpaired) electrons. The third-order valence-corrected chi connectivity index (χ3v) is 2.20. The number of aliphatic carboxylic acids is 1. The molecule has 1 aliphatic heterocycles. The van der Waals surface area contributed by atoms with Gasteiger partial charge in [0.05, 0.1) is 18.0 Å². The lowest BCUT2D eigenvalue weighted by Gasteiger charge is -2.23. The Morgan fingerprint density at radius 3 is 2.57 bits per heavy atom. The molecule has 0 aliphatic carbocycles. The van der Waals surface area contributed by atoms with Crippen LogP contribution in [0, 0.1) is 5.92 Å². The van der Waals surface area contributed by atoms with E-state index in [1.165, 1.54) is 0 Å². The molecule has 0 bridgehead atoms. The van der Waals surface area contributed by atoms with Gasteiger partial charge in [-0.15, -0.1) is 0 Å². The summed E-state index contributed by atoms with van der Waals surface area (Å²) in [6.07, 6.45) is -4.71. The first-order valence-electron chi connectivity index (χ1n) is 4.30. The van der Waals surface area contributed by atoms with E-state index in [9.17, 15) is 23.1 Å². The molecule has 0 aromatic rings. The van der Waals surface area contributed by atoms with E-state index in [0.29, 0.717) is 19.4 Å². The summed E-state index contributed by atoms with van der Waals surface area (Å²) in [5.74, 6) is -4.49. The molecule has 1 fully saturated rings. The molecule has 1 heterocycles. The minimum Gasteiger partial charge on any atom is -0.550 e. The number of carbonyl (C=O) groups is 1. The average molecular weight is 211 g/mol. The molecule has 1 rings (SSSR count). The van der Waals surface area contributed by atoms with Crippen molar-refractivity contribution in [3.8, 4) is 0 Å². The number of carboxylic acid groups (broad SMARTS) is 1. The largest absolute Gasteiger partial charge is 0.550 e. The minimum absolute atomic E-state index is 0.405. The number of ether oxygens (including phenoxy) is 1. The Bertz CT molecular complexity index is 208. The number of carboxylic acids is 1. The quantitative estimate of drug-likeness (QED) is 0.682. The van der Waals surface area contributed by atoms with E-state index in [2.05, 4.69) is 0 Å². The molecule has 2 atom stereocenters. The number of hydrogen-bond acceptors (Lipinski definition) is 3. The van der Waals surface area contributed by atoms with Gasteiger partial charge in [-0.3, -0.25) is 0 Å². The van der Waals surface area contributed by atoms with E-state index >= 15 is 0 Å². The second-order valence-corrected chi connectivity index (χ2v) is 3.28. The first-order valence-corrected chi connectivity index (χ1v) is 4.30. The van der Waals surface area contributed by atoms with Crippen LogP contribution in [-0.4, -0.2) is 24.9 Å². The van der Waals surface area contributed by atoms with Gasteiger partial charge in [-0.2, -0.15) is 13.2 Å². The summed E-state index contributed by atoms with van der Waals surface area (Å²) in [5.41, 5.74) is 0. The van der Waals surface area contributed by atoms with Crippen LogP contribution < -0.4 is 5.11 Å². The van der Waals surface area contributed by atoms with Crippen molar-refractivity contribution in [1.29, 1.82) is 0 Å². The van der Waals surface area contributed by atoms with E-state index < -0.39 is 30.6 Å². The predicted molar refractivity (Wildman–Crippen MR) is 38.1 cm³/mol. The summed E-state index contributed by atoms with van der Waals surface area (Å²) >= 11 is 0. The molecule has 1 saturated heterocycles. The predicted octanol–water partition coefficient (Wildman–Crippen LogP) is 0.484. The van der Waals surface area contributed by atoms with Gasteiger partial charge in [-0.1, -0.05) is 0 Å². The first kappa shape index (κ1) is 11.3. The van der Waals surface area contributed by atoms with E-state index in [1.807, 2.05) is 0 Å². The van der Waals surface area contributed by atoms with Gasteiger partial charge < -0.3 is 14.6 Å². The van der Waals surface area contributed by atoms with Gasteiger partial charge in [0.25, 0.3) is 0 Å². The fourth-order valence-corrected chi connectivity index (χ4v) is 1.46. The Kier molecular flexibility index (Phi) is 3.36. The van der Waals surface area contributed by atoms with Gasteiger partial charge in [0.15, 0.2) is 0 Å². The number of alkyl halides is 3. The van der Waals surface area contributed by atoms with Crippen molar-refractivity contribution in [2.75, 3.05) is 6.61 Å². The highest BCUT2D eigenvalue weighted by atomic mass is 19.4. The van der Waals surface area contributed by atoms with Crippen molar-refractivity contribution < 1.29 is 27.8 Å². The summed E-state index contributed by atoms with van der Waals surface area (Å²) in [5, 5.41) is 10.2. The molecule has 0 saturated carbocycles. The highest BCUT2D eigenvalue weighted by Gasteiger charge is 2.42. The van der Waals surface area contributed by atoms with Crippen molar-refractivity contribution in [2.45, 2.75) is 31.5 Å². The molecule has 14 heavy (non-hydrogen) atoms. The lowest BCUT2D eigenvalue weighted by atomic mass is 9.99. The van der Waals surface area contributed by atoms with Crippen LogP contribution in [0.15, 0.2) is 0 Å². The molecule has 0 amide bonds. The lowest BCUT2D eigenvalue weighted by molar-refractivity contribution is -0.327. The second kappa shape index (κ2) is 4.16. The SMILES string of the molecule is O=C([O-])[C@@H](C[C@H]1CCCO1)C(F)(F)F. The van der Waals surface area contributed by atoms with Crippen molar-refractivity contribution in [1.82, 2.24) is 0 Å². The summed E-state index contributed by atoms with van der Waals surface area (Å²) in [6.45, 7) is 0.405. The van der Waals surface area contributed by atoms with Crippen LogP contribution in [0.1, 0.15) is 19.3 Å². The zero-order valence-corrected chi connectivity index (χ0v) is 7.34. The molecule has 3 nitrogen and oxygen atoms in total. The fraction of sp³-hybridized carbons (Fsp3) is 0.875.